The molecule has 0 aliphatic carbocycles. The summed E-state index contributed by atoms with van der Waals surface area (Å²) in [5.74, 6) is 0.995. The van der Waals surface area contributed by atoms with Gasteiger partial charge in [0.05, 0.1) is 12.2 Å². The smallest absolute Gasteiger partial charge is 0.315 e. The largest absolute Gasteiger partial charge is 0.357 e. The summed E-state index contributed by atoms with van der Waals surface area (Å²) in [6.07, 6.45) is 5.90. The molecule has 2 aromatic rings. The minimum Gasteiger partial charge on any atom is -0.357 e. The molecular formula is C15H20N6O. The third-order valence-corrected chi connectivity index (χ3v) is 3.69. The number of urea groups is 1. The highest BCUT2D eigenvalue weighted by Gasteiger charge is 2.13. The van der Waals surface area contributed by atoms with E-state index in [1.54, 1.807) is 12.4 Å². The Kier molecular flexibility index (Phi) is 4.53. The van der Waals surface area contributed by atoms with Gasteiger partial charge in [0.15, 0.2) is 0 Å². The Bertz CT molecular complexity index is 606. The maximum Gasteiger partial charge on any atom is 0.315 e. The first-order valence-corrected chi connectivity index (χ1v) is 7.51. The Morgan fingerprint density at radius 1 is 1.18 bits per heavy atom. The van der Waals surface area contributed by atoms with Crippen LogP contribution in [0.2, 0.25) is 0 Å². The van der Waals surface area contributed by atoms with Crippen LogP contribution in [0.4, 0.5) is 10.6 Å². The van der Waals surface area contributed by atoms with E-state index in [2.05, 4.69) is 30.7 Å². The molecule has 0 atom stereocenters. The number of H-pyrrole nitrogens is 1. The van der Waals surface area contributed by atoms with Crippen molar-refractivity contribution in [1.82, 2.24) is 25.8 Å². The van der Waals surface area contributed by atoms with E-state index in [0.717, 1.165) is 30.2 Å². The molecule has 7 heteroatoms. The molecule has 22 heavy (non-hydrogen) atoms. The minimum absolute atomic E-state index is 0.200. The van der Waals surface area contributed by atoms with E-state index in [-0.39, 0.29) is 6.03 Å². The molecule has 1 aliphatic rings. The third-order valence-electron chi connectivity index (χ3n) is 3.69. The molecule has 116 valence electrons. The summed E-state index contributed by atoms with van der Waals surface area (Å²) in [6, 6.07) is 5.59. The fourth-order valence-corrected chi connectivity index (χ4v) is 2.49. The van der Waals surface area contributed by atoms with Gasteiger partial charge in [-0.15, -0.1) is 0 Å². The standard InChI is InChI=1S/C15H20N6O/c22-15(18-11-13-4-6-19-20-13)17-10-12-3-5-16-14(9-12)21-7-1-2-8-21/h3-6,9H,1-2,7-8,10-11H2,(H,19,20)(H2,17,18,22). The lowest BCUT2D eigenvalue weighted by molar-refractivity contribution is 0.240. The number of carbonyl (C=O) groups is 1. The molecule has 0 bridgehead atoms. The van der Waals surface area contributed by atoms with E-state index >= 15 is 0 Å². The quantitative estimate of drug-likeness (QED) is 0.779. The highest BCUT2D eigenvalue weighted by atomic mass is 16.2. The van der Waals surface area contributed by atoms with Crippen LogP contribution >= 0.6 is 0 Å². The van der Waals surface area contributed by atoms with Gasteiger partial charge in [-0.3, -0.25) is 5.10 Å². The van der Waals surface area contributed by atoms with Gasteiger partial charge in [0.1, 0.15) is 5.82 Å². The monoisotopic (exact) mass is 300 g/mol. The zero-order chi connectivity index (χ0) is 15.2. The molecule has 3 rings (SSSR count). The van der Waals surface area contributed by atoms with Crippen molar-refractivity contribution in [3.8, 4) is 0 Å². The third kappa shape index (κ3) is 3.75. The summed E-state index contributed by atoms with van der Waals surface area (Å²) in [4.78, 5) is 18.5. The number of pyridine rings is 1. The molecule has 0 unspecified atom stereocenters. The Labute approximate surface area is 129 Å². The number of nitrogens with zero attached hydrogens (tertiary/aromatic N) is 3. The second-order valence-electron chi connectivity index (χ2n) is 5.33. The summed E-state index contributed by atoms with van der Waals surface area (Å²) in [7, 11) is 0. The molecule has 0 radical (unpaired) electrons. The fraction of sp³-hybridized carbons (Fsp3) is 0.400. The summed E-state index contributed by atoms with van der Waals surface area (Å²) >= 11 is 0. The van der Waals surface area contributed by atoms with Crippen LogP contribution in [0.1, 0.15) is 24.1 Å². The fourth-order valence-electron chi connectivity index (χ4n) is 2.49. The van der Waals surface area contributed by atoms with Gasteiger partial charge in [0.25, 0.3) is 0 Å². The number of anilines is 1. The van der Waals surface area contributed by atoms with Gasteiger partial charge in [-0.1, -0.05) is 0 Å². The topological polar surface area (TPSA) is 85.9 Å². The summed E-state index contributed by atoms with van der Waals surface area (Å²) in [5.41, 5.74) is 1.92. The zero-order valence-electron chi connectivity index (χ0n) is 12.4. The molecule has 3 heterocycles. The molecule has 0 aromatic carbocycles. The van der Waals surface area contributed by atoms with Crippen LogP contribution in [0, 0.1) is 0 Å². The van der Waals surface area contributed by atoms with Crippen LogP contribution in [0.3, 0.4) is 0 Å². The predicted octanol–water partition coefficient (Wildman–Crippen LogP) is 1.40. The lowest BCUT2D eigenvalue weighted by Gasteiger charge is -2.17. The Balaban J connectivity index is 1.48. The summed E-state index contributed by atoms with van der Waals surface area (Å²) in [5, 5.41) is 12.3. The minimum atomic E-state index is -0.200. The van der Waals surface area contributed by atoms with Crippen molar-refractivity contribution < 1.29 is 4.79 Å². The van der Waals surface area contributed by atoms with Crippen molar-refractivity contribution in [3.05, 3.63) is 41.9 Å². The highest BCUT2D eigenvalue weighted by Crippen LogP contribution is 2.18. The van der Waals surface area contributed by atoms with Crippen molar-refractivity contribution in [2.45, 2.75) is 25.9 Å². The molecule has 1 saturated heterocycles. The van der Waals surface area contributed by atoms with Crippen molar-refractivity contribution >= 4 is 11.8 Å². The van der Waals surface area contributed by atoms with Crippen molar-refractivity contribution in [1.29, 1.82) is 0 Å². The van der Waals surface area contributed by atoms with E-state index in [1.807, 2.05) is 18.2 Å². The lowest BCUT2D eigenvalue weighted by Crippen LogP contribution is -2.34. The number of rotatable bonds is 5. The van der Waals surface area contributed by atoms with Gasteiger partial charge in [-0.2, -0.15) is 5.10 Å². The lowest BCUT2D eigenvalue weighted by atomic mass is 10.2. The number of aromatic amines is 1. The second kappa shape index (κ2) is 6.93. The molecule has 3 N–H and O–H groups in total. The maximum absolute atomic E-state index is 11.8. The van der Waals surface area contributed by atoms with Gasteiger partial charge in [-0.25, -0.2) is 9.78 Å². The van der Waals surface area contributed by atoms with Gasteiger partial charge in [0.2, 0.25) is 0 Å². The molecular weight excluding hydrogens is 280 g/mol. The van der Waals surface area contributed by atoms with Crippen LogP contribution in [0.15, 0.2) is 30.6 Å². The van der Waals surface area contributed by atoms with Crippen molar-refractivity contribution in [2.75, 3.05) is 18.0 Å². The Morgan fingerprint density at radius 3 is 2.77 bits per heavy atom. The number of carbonyl (C=O) groups excluding carboxylic acids is 1. The van der Waals surface area contributed by atoms with E-state index in [0.29, 0.717) is 13.1 Å². The predicted molar refractivity (Wildman–Crippen MR) is 83.3 cm³/mol. The first-order valence-electron chi connectivity index (χ1n) is 7.51. The van der Waals surface area contributed by atoms with Crippen LogP contribution in [-0.2, 0) is 13.1 Å². The number of amides is 2. The summed E-state index contributed by atoms with van der Waals surface area (Å²) in [6.45, 7) is 3.04. The molecule has 1 fully saturated rings. The average molecular weight is 300 g/mol. The van der Waals surface area contributed by atoms with E-state index in [4.69, 9.17) is 0 Å². The first-order chi connectivity index (χ1) is 10.8. The van der Waals surface area contributed by atoms with E-state index < -0.39 is 0 Å². The van der Waals surface area contributed by atoms with E-state index in [9.17, 15) is 4.79 Å². The van der Waals surface area contributed by atoms with Gasteiger partial charge < -0.3 is 15.5 Å². The SMILES string of the molecule is O=C(NCc1ccnc(N2CCCC2)c1)NCc1ccn[nH]1. The zero-order valence-corrected chi connectivity index (χ0v) is 12.4. The Morgan fingerprint density at radius 2 is 2.00 bits per heavy atom. The van der Waals surface area contributed by atoms with Crippen molar-refractivity contribution in [2.24, 2.45) is 0 Å². The molecule has 2 aromatic heterocycles. The number of hydrogen-bond donors (Lipinski definition) is 3. The summed E-state index contributed by atoms with van der Waals surface area (Å²) < 4.78 is 0. The van der Waals surface area contributed by atoms with Crippen LogP contribution < -0.4 is 15.5 Å². The average Bonchev–Trinajstić information content (AvgIpc) is 3.24. The second-order valence-corrected chi connectivity index (χ2v) is 5.33. The van der Waals surface area contributed by atoms with Gasteiger partial charge >= 0.3 is 6.03 Å². The molecule has 1 aliphatic heterocycles. The number of aromatic nitrogens is 3. The molecule has 0 saturated carbocycles. The molecule has 0 spiro atoms. The van der Waals surface area contributed by atoms with Crippen LogP contribution in [0.5, 0.6) is 0 Å². The number of hydrogen-bond acceptors (Lipinski definition) is 4. The van der Waals surface area contributed by atoms with E-state index in [1.165, 1.54) is 12.8 Å². The highest BCUT2D eigenvalue weighted by molar-refractivity contribution is 5.73. The maximum atomic E-state index is 11.8. The van der Waals surface area contributed by atoms with Crippen LogP contribution in [-0.4, -0.2) is 34.3 Å². The Hall–Kier alpha value is -2.57. The van der Waals surface area contributed by atoms with Gasteiger partial charge in [0, 0.05) is 32.0 Å². The number of nitrogens with one attached hydrogen (secondary N) is 3. The van der Waals surface area contributed by atoms with Gasteiger partial charge in [-0.05, 0) is 36.6 Å². The van der Waals surface area contributed by atoms with Crippen LogP contribution in [0.25, 0.3) is 0 Å². The van der Waals surface area contributed by atoms with Crippen molar-refractivity contribution in [3.63, 3.8) is 0 Å². The molecule has 7 nitrogen and oxygen atoms in total. The normalized spacial score (nSPS) is 14.1. The first kappa shape index (κ1) is 14.4. The molecule has 2 amide bonds.